The number of anilines is 2. The van der Waals surface area contributed by atoms with Gasteiger partial charge in [-0.2, -0.15) is 0 Å². The molecule has 2 aromatic heterocycles. The molecular weight excluding hydrogens is 525 g/mol. The number of hydrogen-bond acceptors (Lipinski definition) is 7. The molecule has 0 aliphatic carbocycles. The van der Waals surface area contributed by atoms with E-state index in [4.69, 9.17) is 16.3 Å². The van der Waals surface area contributed by atoms with Gasteiger partial charge in [-0.25, -0.2) is 14.4 Å². The zero-order chi connectivity index (χ0) is 26.5. The molecule has 0 radical (unpaired) electrons. The van der Waals surface area contributed by atoms with Gasteiger partial charge in [0.05, 0.1) is 26.2 Å². The minimum Gasteiger partial charge on any atom is -0.487 e. The molecule has 4 aromatic rings. The summed E-state index contributed by atoms with van der Waals surface area (Å²) in [6, 6.07) is 13.7. The monoisotopic (exact) mass is 549 g/mol. The van der Waals surface area contributed by atoms with E-state index >= 15 is 0 Å². The summed E-state index contributed by atoms with van der Waals surface area (Å²) >= 11 is 7.96. The lowest BCUT2D eigenvalue weighted by Gasteiger charge is -2.11. The van der Waals surface area contributed by atoms with Crippen LogP contribution in [0.25, 0.3) is 10.2 Å². The van der Waals surface area contributed by atoms with Crippen LogP contribution in [0.4, 0.5) is 15.9 Å². The Bertz CT molecular complexity index is 1530. The number of amides is 1. The number of aromatic nitrogens is 2. The normalized spacial score (nSPS) is 16.6. The van der Waals surface area contributed by atoms with Gasteiger partial charge in [0.1, 0.15) is 24.5 Å². The molecular formula is C28H25ClFN5O2S. The summed E-state index contributed by atoms with van der Waals surface area (Å²) in [4.78, 5) is 21.3. The summed E-state index contributed by atoms with van der Waals surface area (Å²) in [6.45, 7) is 2.77. The highest BCUT2D eigenvalue weighted by molar-refractivity contribution is 7.20. The number of nitrogens with one attached hydrogen (secondary N) is 3. The summed E-state index contributed by atoms with van der Waals surface area (Å²) in [7, 11) is 0. The standard InChI is InChI=1S/C28H25ClFN5O2S/c1-2-26(36)34-21-11-19(31-14-21)6-8-22-13-24-27(38-22)28(33-16-32-24)35-20-7-9-25(23(29)12-20)37-15-17-4-3-5-18(30)10-17/h3-5,7,9-10,12-13,16,19,21,31H,2,11,14-15H2,1H3,(H,34,36)(H,32,33,35)/t19?,21-/m0/s1. The van der Waals surface area contributed by atoms with Gasteiger partial charge in [0.15, 0.2) is 5.82 Å². The molecule has 38 heavy (non-hydrogen) atoms. The lowest BCUT2D eigenvalue weighted by atomic mass is 10.1. The highest BCUT2D eigenvalue weighted by Crippen LogP contribution is 2.33. The average Bonchev–Trinajstić information content (AvgIpc) is 3.54. The average molecular weight is 550 g/mol. The van der Waals surface area contributed by atoms with Crippen molar-refractivity contribution in [1.29, 1.82) is 0 Å². The van der Waals surface area contributed by atoms with E-state index in [0.29, 0.717) is 29.6 Å². The molecule has 1 amide bonds. The van der Waals surface area contributed by atoms with Gasteiger partial charge in [-0.3, -0.25) is 4.79 Å². The third kappa shape index (κ3) is 6.40. The van der Waals surface area contributed by atoms with Gasteiger partial charge in [0, 0.05) is 24.7 Å². The molecule has 3 heterocycles. The molecule has 10 heteroatoms. The number of rotatable bonds is 7. The van der Waals surface area contributed by atoms with Gasteiger partial charge in [-0.05, 0) is 48.4 Å². The van der Waals surface area contributed by atoms with Gasteiger partial charge in [-0.15, -0.1) is 11.3 Å². The predicted octanol–water partition coefficient (Wildman–Crippen LogP) is 5.41. The molecule has 1 aliphatic rings. The molecule has 5 rings (SSSR count). The van der Waals surface area contributed by atoms with E-state index in [-0.39, 0.29) is 30.4 Å². The van der Waals surface area contributed by atoms with Gasteiger partial charge in [0.2, 0.25) is 5.91 Å². The quantitative estimate of drug-likeness (QED) is 0.267. The summed E-state index contributed by atoms with van der Waals surface area (Å²) < 4.78 is 20.0. The van der Waals surface area contributed by atoms with Crippen LogP contribution in [-0.4, -0.2) is 34.5 Å². The summed E-state index contributed by atoms with van der Waals surface area (Å²) in [5.41, 5.74) is 2.25. The molecule has 3 N–H and O–H groups in total. The Morgan fingerprint density at radius 2 is 2.16 bits per heavy atom. The molecule has 1 aliphatic heterocycles. The van der Waals surface area contributed by atoms with E-state index in [0.717, 1.165) is 32.8 Å². The second-order valence-electron chi connectivity index (χ2n) is 8.82. The fraction of sp³-hybridized carbons (Fsp3) is 0.250. The number of hydrogen-bond donors (Lipinski definition) is 3. The maximum Gasteiger partial charge on any atom is 0.219 e. The lowest BCUT2D eigenvalue weighted by Crippen LogP contribution is -2.35. The molecule has 0 bridgehead atoms. The molecule has 1 fully saturated rings. The molecule has 0 saturated carbocycles. The highest BCUT2D eigenvalue weighted by atomic mass is 35.5. The summed E-state index contributed by atoms with van der Waals surface area (Å²) in [6.07, 6.45) is 2.76. The predicted molar refractivity (Wildman–Crippen MR) is 148 cm³/mol. The number of halogens is 2. The Morgan fingerprint density at radius 1 is 1.26 bits per heavy atom. The van der Waals surface area contributed by atoms with Gasteiger partial charge < -0.3 is 20.7 Å². The molecule has 2 atom stereocenters. The first-order valence-electron chi connectivity index (χ1n) is 12.2. The second-order valence-corrected chi connectivity index (χ2v) is 10.3. The van der Waals surface area contributed by atoms with E-state index in [9.17, 15) is 9.18 Å². The third-order valence-corrected chi connectivity index (χ3v) is 7.32. The van der Waals surface area contributed by atoms with Crippen LogP contribution in [0.5, 0.6) is 5.75 Å². The molecule has 1 unspecified atom stereocenters. The fourth-order valence-electron chi connectivity index (χ4n) is 4.07. The molecule has 7 nitrogen and oxygen atoms in total. The first kappa shape index (κ1) is 25.9. The fourth-order valence-corrected chi connectivity index (χ4v) is 5.22. The van der Waals surface area contributed by atoms with Crippen LogP contribution in [-0.2, 0) is 11.4 Å². The Kier molecular flexibility index (Phi) is 8.03. The van der Waals surface area contributed by atoms with Crippen LogP contribution in [0.2, 0.25) is 5.02 Å². The van der Waals surface area contributed by atoms with Crippen molar-refractivity contribution in [3.8, 4) is 17.6 Å². The van der Waals surface area contributed by atoms with Crippen molar-refractivity contribution in [2.45, 2.75) is 38.5 Å². The number of ether oxygens (including phenoxy) is 1. The minimum atomic E-state index is -0.308. The Hall–Kier alpha value is -3.71. The van der Waals surface area contributed by atoms with Crippen LogP contribution >= 0.6 is 22.9 Å². The van der Waals surface area contributed by atoms with Crippen LogP contribution < -0.4 is 20.7 Å². The van der Waals surface area contributed by atoms with Crippen molar-refractivity contribution in [3.63, 3.8) is 0 Å². The zero-order valence-corrected chi connectivity index (χ0v) is 22.1. The molecule has 1 saturated heterocycles. The highest BCUT2D eigenvalue weighted by Gasteiger charge is 2.23. The number of fused-ring (bicyclic) bond motifs is 1. The van der Waals surface area contributed by atoms with Crippen molar-refractivity contribution in [1.82, 2.24) is 20.6 Å². The first-order valence-corrected chi connectivity index (χ1v) is 13.4. The zero-order valence-electron chi connectivity index (χ0n) is 20.6. The van der Waals surface area contributed by atoms with Crippen molar-refractivity contribution in [3.05, 3.63) is 76.1 Å². The van der Waals surface area contributed by atoms with Crippen LogP contribution in [0, 0.1) is 17.7 Å². The number of carbonyl (C=O) groups excluding carboxylic acids is 1. The van der Waals surface area contributed by atoms with Crippen LogP contribution in [0.3, 0.4) is 0 Å². The van der Waals surface area contributed by atoms with Crippen molar-refractivity contribution < 1.29 is 13.9 Å². The largest absolute Gasteiger partial charge is 0.487 e. The molecule has 0 spiro atoms. The second kappa shape index (κ2) is 11.8. The van der Waals surface area contributed by atoms with E-state index < -0.39 is 0 Å². The maximum atomic E-state index is 13.4. The number of nitrogens with zero attached hydrogens (tertiary/aromatic N) is 2. The lowest BCUT2D eigenvalue weighted by molar-refractivity contribution is -0.121. The van der Waals surface area contributed by atoms with E-state index in [1.165, 1.54) is 29.8 Å². The Balaban J connectivity index is 1.25. The Morgan fingerprint density at radius 3 is 2.97 bits per heavy atom. The smallest absolute Gasteiger partial charge is 0.219 e. The number of carbonyl (C=O) groups is 1. The maximum absolute atomic E-state index is 13.4. The molecule has 194 valence electrons. The van der Waals surface area contributed by atoms with Crippen molar-refractivity contribution >= 4 is 50.6 Å². The number of benzene rings is 2. The number of thiophene rings is 1. The van der Waals surface area contributed by atoms with E-state index in [1.54, 1.807) is 24.3 Å². The van der Waals surface area contributed by atoms with Crippen molar-refractivity contribution in [2.24, 2.45) is 0 Å². The van der Waals surface area contributed by atoms with Crippen LogP contribution in [0.1, 0.15) is 30.2 Å². The minimum absolute atomic E-state index is 0.0230. The van der Waals surface area contributed by atoms with Crippen LogP contribution in [0.15, 0.2) is 54.9 Å². The summed E-state index contributed by atoms with van der Waals surface area (Å²) in [5, 5.41) is 10.1. The topological polar surface area (TPSA) is 88.2 Å². The SMILES string of the molecule is CCC(=O)N[C@@H]1CNC(C#Cc2cc3ncnc(Nc4ccc(OCc5cccc(F)c5)c(Cl)c4)c3s2)C1. The van der Waals surface area contributed by atoms with E-state index in [2.05, 4.69) is 37.8 Å². The van der Waals surface area contributed by atoms with Gasteiger partial charge >= 0.3 is 0 Å². The van der Waals surface area contributed by atoms with Crippen molar-refractivity contribution in [2.75, 3.05) is 11.9 Å². The van der Waals surface area contributed by atoms with E-state index in [1.807, 2.05) is 19.1 Å². The summed E-state index contributed by atoms with van der Waals surface area (Å²) in [5.74, 6) is 7.41. The Labute approximate surface area is 228 Å². The first-order chi connectivity index (χ1) is 18.5. The van der Waals surface area contributed by atoms with Gasteiger partial charge in [-0.1, -0.05) is 42.5 Å². The van der Waals surface area contributed by atoms with Gasteiger partial charge in [0.25, 0.3) is 0 Å². The third-order valence-electron chi connectivity index (χ3n) is 5.98. The molecule has 2 aromatic carbocycles.